The average Bonchev–Trinajstić information content (AvgIpc) is 3.19. The van der Waals surface area contributed by atoms with Crippen LogP contribution in [0.2, 0.25) is 0 Å². The number of ether oxygens (including phenoxy) is 1. The Kier molecular flexibility index (Phi) is 7.09. The van der Waals surface area contributed by atoms with Crippen LogP contribution in [0.4, 0.5) is 0 Å². The van der Waals surface area contributed by atoms with Crippen molar-refractivity contribution >= 4 is 23.2 Å². The molecule has 1 unspecified atom stereocenters. The van der Waals surface area contributed by atoms with Crippen LogP contribution in [0.15, 0.2) is 35.7 Å². The number of aryl methyl sites for hydroxylation is 1. The van der Waals surface area contributed by atoms with Gasteiger partial charge < -0.3 is 15.0 Å². The van der Waals surface area contributed by atoms with Crippen molar-refractivity contribution < 1.29 is 14.3 Å². The predicted molar refractivity (Wildman–Crippen MR) is 112 cm³/mol. The van der Waals surface area contributed by atoms with E-state index >= 15 is 0 Å². The molecule has 0 saturated heterocycles. The van der Waals surface area contributed by atoms with Gasteiger partial charge in [-0.3, -0.25) is 9.59 Å². The number of hydrogen-bond acceptors (Lipinski definition) is 4. The standard InChI is InChI=1S/C22H28N2O3S/c1-3-5-19(22(26)24-12-10-20-17(14-24)11-13-28-20)23-21(25)15-27-18-8-6-16(4-2)7-9-18/h6-9,11,13,19H,3-5,10,12,14-15H2,1-2H3,(H,23,25). The fraction of sp³-hybridized carbons (Fsp3) is 0.455. The van der Waals surface area contributed by atoms with Crippen molar-refractivity contribution in [1.29, 1.82) is 0 Å². The minimum atomic E-state index is -0.497. The average molecular weight is 401 g/mol. The van der Waals surface area contributed by atoms with Gasteiger partial charge in [-0.25, -0.2) is 0 Å². The summed E-state index contributed by atoms with van der Waals surface area (Å²) in [5.41, 5.74) is 2.45. The molecule has 0 spiro atoms. The second-order valence-corrected chi connectivity index (χ2v) is 8.07. The maximum absolute atomic E-state index is 13.0. The number of amides is 2. The van der Waals surface area contributed by atoms with Crippen molar-refractivity contribution in [2.45, 2.75) is 52.1 Å². The van der Waals surface area contributed by atoms with Crippen molar-refractivity contribution in [2.75, 3.05) is 13.2 Å². The normalized spacial score (nSPS) is 14.3. The molecule has 1 aliphatic heterocycles. The first-order valence-corrected chi connectivity index (χ1v) is 10.8. The first-order valence-electron chi connectivity index (χ1n) is 9.95. The molecule has 5 nitrogen and oxygen atoms in total. The fourth-order valence-electron chi connectivity index (χ4n) is 3.41. The van der Waals surface area contributed by atoms with E-state index in [1.54, 1.807) is 11.3 Å². The van der Waals surface area contributed by atoms with Gasteiger partial charge in [0, 0.05) is 18.0 Å². The third-order valence-corrected chi connectivity index (χ3v) is 6.05. The number of carbonyl (C=O) groups excluding carboxylic acids is 2. The van der Waals surface area contributed by atoms with E-state index in [9.17, 15) is 9.59 Å². The highest BCUT2D eigenvalue weighted by molar-refractivity contribution is 7.10. The lowest BCUT2D eigenvalue weighted by Gasteiger charge is -2.30. The van der Waals surface area contributed by atoms with Crippen molar-refractivity contribution in [3.05, 3.63) is 51.7 Å². The van der Waals surface area contributed by atoms with Gasteiger partial charge in [-0.1, -0.05) is 32.4 Å². The largest absolute Gasteiger partial charge is 0.484 e. The molecule has 2 heterocycles. The maximum Gasteiger partial charge on any atom is 0.258 e. The summed E-state index contributed by atoms with van der Waals surface area (Å²) in [5, 5.41) is 4.95. The number of nitrogens with one attached hydrogen (secondary N) is 1. The molecular formula is C22H28N2O3S. The SMILES string of the molecule is CCCC(NC(=O)COc1ccc(CC)cc1)C(=O)N1CCc2sccc2C1. The van der Waals surface area contributed by atoms with Gasteiger partial charge in [0.2, 0.25) is 5.91 Å². The Balaban J connectivity index is 1.54. The number of carbonyl (C=O) groups is 2. The number of thiophene rings is 1. The van der Waals surface area contributed by atoms with Gasteiger partial charge in [0.25, 0.3) is 5.91 Å². The molecule has 1 aromatic carbocycles. The zero-order valence-electron chi connectivity index (χ0n) is 16.6. The molecule has 0 radical (unpaired) electrons. The summed E-state index contributed by atoms with van der Waals surface area (Å²) >= 11 is 1.75. The summed E-state index contributed by atoms with van der Waals surface area (Å²) < 4.78 is 5.57. The van der Waals surface area contributed by atoms with Crippen LogP contribution in [0.3, 0.4) is 0 Å². The topological polar surface area (TPSA) is 58.6 Å². The van der Waals surface area contributed by atoms with Crippen molar-refractivity contribution in [3.63, 3.8) is 0 Å². The molecule has 28 heavy (non-hydrogen) atoms. The maximum atomic E-state index is 13.0. The van der Waals surface area contributed by atoms with E-state index in [-0.39, 0.29) is 18.4 Å². The second kappa shape index (κ2) is 9.73. The summed E-state index contributed by atoms with van der Waals surface area (Å²) in [7, 11) is 0. The lowest BCUT2D eigenvalue weighted by Crippen LogP contribution is -2.50. The van der Waals surface area contributed by atoms with Crippen LogP contribution in [0.5, 0.6) is 5.75 Å². The lowest BCUT2D eigenvalue weighted by atomic mass is 10.1. The Labute approximate surface area is 170 Å². The molecule has 1 atom stereocenters. The van der Waals surface area contributed by atoms with Crippen LogP contribution in [0.25, 0.3) is 0 Å². The van der Waals surface area contributed by atoms with Crippen LogP contribution < -0.4 is 10.1 Å². The van der Waals surface area contributed by atoms with Crippen LogP contribution in [0.1, 0.15) is 42.7 Å². The molecule has 0 saturated carbocycles. The second-order valence-electron chi connectivity index (χ2n) is 7.07. The molecular weight excluding hydrogens is 372 g/mol. The summed E-state index contributed by atoms with van der Waals surface area (Å²) in [4.78, 5) is 28.6. The molecule has 0 fully saturated rings. The summed E-state index contributed by atoms with van der Waals surface area (Å²) in [5.74, 6) is 0.394. The molecule has 2 amide bonds. The first kappa shape index (κ1) is 20.4. The van der Waals surface area contributed by atoms with Crippen LogP contribution >= 0.6 is 11.3 Å². The van der Waals surface area contributed by atoms with E-state index < -0.39 is 6.04 Å². The number of fused-ring (bicyclic) bond motifs is 1. The zero-order chi connectivity index (χ0) is 19.9. The van der Waals surface area contributed by atoms with E-state index in [1.165, 1.54) is 16.0 Å². The Hall–Kier alpha value is -2.34. The fourth-order valence-corrected chi connectivity index (χ4v) is 4.30. The van der Waals surface area contributed by atoms with E-state index in [0.29, 0.717) is 25.3 Å². The highest BCUT2D eigenvalue weighted by Crippen LogP contribution is 2.24. The van der Waals surface area contributed by atoms with E-state index in [1.807, 2.05) is 36.1 Å². The van der Waals surface area contributed by atoms with Crippen LogP contribution in [0, 0.1) is 0 Å². The van der Waals surface area contributed by atoms with Gasteiger partial charge in [0.05, 0.1) is 0 Å². The van der Waals surface area contributed by atoms with Crippen molar-refractivity contribution in [3.8, 4) is 5.75 Å². The highest BCUT2D eigenvalue weighted by Gasteiger charge is 2.28. The number of benzene rings is 1. The van der Waals surface area contributed by atoms with Gasteiger partial charge in [-0.05, 0) is 54.0 Å². The molecule has 2 aromatic rings. The molecule has 6 heteroatoms. The molecule has 3 rings (SSSR count). The summed E-state index contributed by atoms with van der Waals surface area (Å²) in [6.45, 7) is 5.37. The molecule has 0 bridgehead atoms. The third-order valence-electron chi connectivity index (χ3n) is 5.03. The minimum absolute atomic E-state index is 0.000603. The Bertz CT molecular complexity index is 800. The molecule has 0 aliphatic carbocycles. The third kappa shape index (κ3) is 5.13. The van der Waals surface area contributed by atoms with Gasteiger partial charge >= 0.3 is 0 Å². The lowest BCUT2D eigenvalue weighted by molar-refractivity contribution is -0.137. The van der Waals surface area contributed by atoms with Crippen molar-refractivity contribution in [2.24, 2.45) is 0 Å². The summed E-state index contributed by atoms with van der Waals surface area (Å²) in [6, 6.07) is 9.31. The van der Waals surface area contributed by atoms with E-state index in [4.69, 9.17) is 4.74 Å². The summed E-state index contributed by atoms with van der Waals surface area (Å²) in [6.07, 6.45) is 3.31. The number of rotatable bonds is 8. The van der Waals surface area contributed by atoms with Crippen LogP contribution in [-0.2, 0) is 29.0 Å². The van der Waals surface area contributed by atoms with Gasteiger partial charge in [-0.15, -0.1) is 11.3 Å². The Morgan fingerprint density at radius 1 is 1.21 bits per heavy atom. The monoisotopic (exact) mass is 400 g/mol. The van der Waals surface area contributed by atoms with Gasteiger partial charge in [-0.2, -0.15) is 0 Å². The molecule has 1 aliphatic rings. The Morgan fingerprint density at radius 3 is 2.71 bits per heavy atom. The number of hydrogen-bond donors (Lipinski definition) is 1. The molecule has 1 N–H and O–H groups in total. The van der Waals surface area contributed by atoms with Gasteiger partial charge in [0.15, 0.2) is 6.61 Å². The highest BCUT2D eigenvalue weighted by atomic mass is 32.1. The Morgan fingerprint density at radius 2 is 2.00 bits per heavy atom. The quantitative estimate of drug-likeness (QED) is 0.737. The van der Waals surface area contributed by atoms with E-state index in [2.05, 4.69) is 23.7 Å². The van der Waals surface area contributed by atoms with E-state index in [0.717, 1.165) is 19.3 Å². The molecule has 150 valence electrons. The first-order chi connectivity index (χ1) is 13.6. The predicted octanol–water partition coefficient (Wildman–Crippen LogP) is 3.56. The smallest absolute Gasteiger partial charge is 0.258 e. The zero-order valence-corrected chi connectivity index (χ0v) is 17.4. The minimum Gasteiger partial charge on any atom is -0.484 e. The van der Waals surface area contributed by atoms with Crippen molar-refractivity contribution in [1.82, 2.24) is 10.2 Å². The molecule has 1 aromatic heterocycles. The number of nitrogens with zero attached hydrogens (tertiary/aromatic N) is 1. The van der Waals surface area contributed by atoms with Gasteiger partial charge in [0.1, 0.15) is 11.8 Å². The van der Waals surface area contributed by atoms with Crippen LogP contribution in [-0.4, -0.2) is 35.9 Å².